The summed E-state index contributed by atoms with van der Waals surface area (Å²) in [6, 6.07) is 4.45. The van der Waals surface area contributed by atoms with Crippen molar-refractivity contribution in [1.82, 2.24) is 62.9 Å². The molecule has 30 nitrogen and oxygen atoms in total. The summed E-state index contributed by atoms with van der Waals surface area (Å²) in [6.07, 6.45) is 11.7. The van der Waals surface area contributed by atoms with Crippen molar-refractivity contribution >= 4 is 93.5 Å². The van der Waals surface area contributed by atoms with E-state index in [1.807, 2.05) is 0 Å². The minimum atomic E-state index is -1.16. The van der Waals surface area contributed by atoms with Crippen molar-refractivity contribution in [2.24, 2.45) is 49.3 Å². The average Bonchev–Trinajstić information content (AvgIpc) is 4.25. The number of aromatic carboxylic acids is 1. The van der Waals surface area contributed by atoms with Gasteiger partial charge in [-0.15, -0.1) is 0 Å². The highest BCUT2D eigenvalue weighted by molar-refractivity contribution is 6.08. The third kappa shape index (κ3) is 13.2. The Balaban J connectivity index is 0.861. The molecule has 0 fully saturated rings. The van der Waals surface area contributed by atoms with Crippen LogP contribution in [0.4, 0.5) is 34.4 Å². The molecule has 0 saturated heterocycles. The lowest BCUT2D eigenvalue weighted by Crippen LogP contribution is -2.45. The monoisotopic (exact) mass is 1070 g/mol. The number of amides is 9. The van der Waals surface area contributed by atoms with E-state index >= 15 is 0 Å². The number of carbonyl (C=O) groups is 10. The maximum Gasteiger partial charge on any atom is 0.352 e. The fourth-order valence-electron chi connectivity index (χ4n) is 7.97. The Morgan fingerprint density at radius 1 is 0.487 bits per heavy atom. The molecular formula is C48H55N19O11. The first-order valence-electron chi connectivity index (χ1n) is 23.6. The van der Waals surface area contributed by atoms with E-state index in [9.17, 15) is 53.1 Å². The van der Waals surface area contributed by atoms with Crippen LogP contribution in [-0.4, -0.2) is 130 Å². The molecule has 7 aromatic rings. The molecule has 9 amide bonds. The summed E-state index contributed by atoms with van der Waals surface area (Å²) in [6.45, 7) is 1.07. The van der Waals surface area contributed by atoms with Gasteiger partial charge < -0.3 is 84.9 Å². The molecule has 0 saturated carbocycles. The minimum Gasteiger partial charge on any atom is -0.477 e. The molecule has 1 atom stereocenters. The summed E-state index contributed by atoms with van der Waals surface area (Å²) in [7, 11) is 11.0. The van der Waals surface area contributed by atoms with Crippen molar-refractivity contribution < 1.29 is 53.1 Å². The zero-order chi connectivity index (χ0) is 56.7. The lowest BCUT2D eigenvalue weighted by molar-refractivity contribution is -0.125. The highest BCUT2D eigenvalue weighted by Crippen LogP contribution is 2.21. The Morgan fingerprint density at radius 3 is 1.45 bits per heavy atom. The van der Waals surface area contributed by atoms with E-state index in [0.29, 0.717) is 5.69 Å². The minimum absolute atomic E-state index is 0.0143. The van der Waals surface area contributed by atoms with Crippen LogP contribution in [0.5, 0.6) is 0 Å². The third-order valence-electron chi connectivity index (χ3n) is 11.7. The maximum absolute atomic E-state index is 13.5. The first-order valence-corrected chi connectivity index (χ1v) is 23.6. The van der Waals surface area contributed by atoms with Crippen LogP contribution in [0, 0.1) is 0 Å². The second-order valence-electron chi connectivity index (χ2n) is 17.8. The van der Waals surface area contributed by atoms with Gasteiger partial charge in [0.25, 0.3) is 35.4 Å². The quantitative estimate of drug-likeness (QED) is 0.0480. The number of carboxylic acids is 1. The summed E-state index contributed by atoms with van der Waals surface area (Å²) in [5, 5.41) is 33.0. The Morgan fingerprint density at radius 2 is 0.936 bits per heavy atom. The smallest absolute Gasteiger partial charge is 0.352 e. The second kappa shape index (κ2) is 23.3. The number of aryl methyl sites for hydroxylation is 7. The van der Waals surface area contributed by atoms with Gasteiger partial charge in [-0.1, -0.05) is 0 Å². The zero-order valence-corrected chi connectivity index (χ0v) is 43.3. The fourth-order valence-corrected chi connectivity index (χ4v) is 7.97. The van der Waals surface area contributed by atoms with Gasteiger partial charge >= 0.3 is 5.97 Å². The van der Waals surface area contributed by atoms with E-state index < -0.39 is 65.2 Å². The lowest BCUT2D eigenvalue weighted by Gasteiger charge is -2.17. The highest BCUT2D eigenvalue weighted by Gasteiger charge is 2.25. The van der Waals surface area contributed by atoms with Crippen molar-refractivity contribution in [3.63, 3.8) is 0 Å². The topological polar surface area (TPSA) is 372 Å². The van der Waals surface area contributed by atoms with Gasteiger partial charge in [0.1, 0.15) is 28.8 Å². The van der Waals surface area contributed by atoms with Crippen LogP contribution in [0.15, 0.2) is 73.8 Å². The van der Waals surface area contributed by atoms with Crippen molar-refractivity contribution in [3.8, 4) is 0 Å². The van der Waals surface area contributed by atoms with Crippen LogP contribution in [0.25, 0.3) is 0 Å². The maximum atomic E-state index is 13.5. The van der Waals surface area contributed by atoms with E-state index in [2.05, 4.69) is 62.8 Å². The summed E-state index contributed by atoms with van der Waals surface area (Å²) < 4.78 is 10.1. The van der Waals surface area contributed by atoms with E-state index in [1.54, 1.807) is 45.2 Å². The third-order valence-corrected chi connectivity index (χ3v) is 11.7. The number of imidazole rings is 3. The number of nitrogens with zero attached hydrogens (tertiary/aromatic N) is 10. The van der Waals surface area contributed by atoms with Gasteiger partial charge in [0.05, 0.1) is 22.7 Å². The van der Waals surface area contributed by atoms with Crippen LogP contribution >= 0.6 is 0 Å². The number of hydrogen-bond acceptors (Lipinski definition) is 13. The molecule has 78 heavy (non-hydrogen) atoms. The molecule has 0 aliphatic carbocycles. The predicted molar refractivity (Wildman–Crippen MR) is 279 cm³/mol. The largest absolute Gasteiger partial charge is 0.477 e. The average molecular weight is 1070 g/mol. The van der Waals surface area contributed by atoms with Crippen LogP contribution in [0.3, 0.4) is 0 Å². The van der Waals surface area contributed by atoms with E-state index in [0.717, 1.165) is 0 Å². The van der Waals surface area contributed by atoms with Crippen molar-refractivity contribution in [2.75, 3.05) is 45.0 Å². The first kappa shape index (κ1) is 55.2. The fraction of sp³-hybridized carbons (Fsp3) is 0.271. The van der Waals surface area contributed by atoms with Gasteiger partial charge in [0, 0.05) is 125 Å². The lowest BCUT2D eigenvalue weighted by atomic mass is 10.2. The number of hydrogen-bond donors (Lipinski definition) is 10. The normalized spacial score (nSPS) is 11.3. The van der Waals surface area contributed by atoms with Gasteiger partial charge in [0.15, 0.2) is 17.5 Å². The molecule has 7 rings (SSSR count). The first-order chi connectivity index (χ1) is 36.9. The predicted octanol–water partition coefficient (Wildman–Crippen LogP) is 0.970. The van der Waals surface area contributed by atoms with E-state index in [-0.39, 0.29) is 94.9 Å². The van der Waals surface area contributed by atoms with Gasteiger partial charge in [-0.2, -0.15) is 0 Å². The molecule has 0 bridgehead atoms. The van der Waals surface area contributed by atoms with Gasteiger partial charge in [-0.05, 0) is 30.7 Å². The molecule has 0 unspecified atom stereocenters. The molecule has 0 spiro atoms. The summed E-state index contributed by atoms with van der Waals surface area (Å²) in [5.41, 5.74) is 1.51. The van der Waals surface area contributed by atoms with Crippen LogP contribution in [-0.2, 0) is 63.7 Å². The molecule has 0 aromatic carbocycles. The molecule has 0 aliphatic rings. The van der Waals surface area contributed by atoms with Crippen LogP contribution in [0.1, 0.15) is 93.6 Å². The van der Waals surface area contributed by atoms with Crippen molar-refractivity contribution in [1.29, 1.82) is 0 Å². The van der Waals surface area contributed by atoms with Crippen molar-refractivity contribution in [3.05, 3.63) is 114 Å². The molecule has 0 aliphatic heterocycles. The zero-order valence-electron chi connectivity index (χ0n) is 43.3. The molecular weight excluding hydrogens is 1020 g/mol. The highest BCUT2D eigenvalue weighted by atomic mass is 16.4. The Kier molecular flexibility index (Phi) is 16.5. The number of aromatic nitrogens is 10. The summed E-state index contributed by atoms with van der Waals surface area (Å²) >= 11 is 0. The molecule has 408 valence electrons. The SMILES string of the molecule is CC(=O)N[C@@H](CCNC(=O)c1nc(NC(=O)CCNC(=O)c2cc(NC(=O)c3nccn3C)cn2C)cn1C)C(=O)Nc1cc(C(=O)Nc2cn(C)c(C(=O)Nc3cc(C(=O)Nc4cc(C(=O)O)n(C)c4)n(C)c3)n2)n(C)c1. The Hall–Kier alpha value is -10.6. The van der Waals surface area contributed by atoms with Gasteiger partial charge in [-0.25, -0.2) is 19.7 Å². The Labute approximate surface area is 442 Å². The molecule has 7 aromatic heterocycles. The molecule has 0 radical (unpaired) electrons. The van der Waals surface area contributed by atoms with Crippen LogP contribution in [0.2, 0.25) is 0 Å². The standard InChI is InChI=1S/C48H55N19O11/c1-25(68)52-30(9-11-51-45(74)39-58-35(23-66(39)7)57-37(69)10-12-50-42(71)31-15-27(20-62(31)3)55-46(75)38-49-13-14-61(38)2)41(70)53-26-16-33(64(5)19-26)44(73)60-36-24-67(8)40(59-36)47(76)56-28-17-32(63(4)21-28)43(72)54-29-18-34(48(77)78)65(6)22-29/h13-24,30H,9-12H2,1-8H3,(H,50,71)(H,51,74)(H,52,68)(H,53,70)(H,54,72)(H,55,75)(H,56,76)(H,57,69)(H,60,73)(H,77,78)/t30-/m0/s1. The number of carboxylic acid groups (broad SMARTS) is 1. The number of carbonyl (C=O) groups excluding carboxylic acids is 9. The molecule has 7 heterocycles. The van der Waals surface area contributed by atoms with E-state index in [4.69, 9.17) is 0 Å². The second-order valence-corrected chi connectivity index (χ2v) is 17.8. The number of nitrogens with one attached hydrogen (secondary N) is 9. The number of rotatable bonds is 21. The van der Waals surface area contributed by atoms with Gasteiger partial charge in [0.2, 0.25) is 29.4 Å². The Bertz CT molecular complexity index is 3520. The van der Waals surface area contributed by atoms with Gasteiger partial charge in [-0.3, -0.25) is 43.2 Å². The van der Waals surface area contributed by atoms with E-state index in [1.165, 1.54) is 117 Å². The number of anilines is 6. The van der Waals surface area contributed by atoms with Crippen LogP contribution < -0.4 is 47.9 Å². The van der Waals surface area contributed by atoms with Crippen molar-refractivity contribution in [2.45, 2.75) is 25.8 Å². The molecule has 10 N–H and O–H groups in total. The summed E-state index contributed by atoms with van der Waals surface area (Å²) in [5.74, 6) is -6.25. The molecule has 30 heteroatoms. The summed E-state index contributed by atoms with van der Waals surface area (Å²) in [4.78, 5) is 141.